The Hall–Kier alpha value is -1.82. The normalized spacial score (nSPS) is 15.5. The Labute approximate surface area is 147 Å². The lowest BCUT2D eigenvalue weighted by Crippen LogP contribution is -2.30. The van der Waals surface area contributed by atoms with E-state index < -0.39 is 0 Å². The van der Waals surface area contributed by atoms with Gasteiger partial charge in [-0.3, -0.25) is 4.79 Å². The van der Waals surface area contributed by atoms with Crippen molar-refractivity contribution in [3.8, 4) is 0 Å². The fraction of sp³-hybridized carbons (Fsp3) is 0.500. The van der Waals surface area contributed by atoms with Crippen LogP contribution in [0.15, 0.2) is 35.5 Å². The first kappa shape index (κ1) is 17.0. The summed E-state index contributed by atoms with van der Waals surface area (Å²) in [4.78, 5) is 12.7. The van der Waals surface area contributed by atoms with Gasteiger partial charge in [-0.05, 0) is 37.8 Å². The maximum absolute atomic E-state index is 12.7. The van der Waals surface area contributed by atoms with Crippen molar-refractivity contribution in [3.63, 3.8) is 0 Å². The molecule has 1 heterocycles. The average Bonchev–Trinajstić information content (AvgIpc) is 3.33. The van der Waals surface area contributed by atoms with Crippen LogP contribution >= 0.6 is 11.8 Å². The van der Waals surface area contributed by atoms with Gasteiger partial charge in [0.2, 0.25) is 5.91 Å². The molecular weight excluding hydrogens is 320 g/mol. The minimum atomic E-state index is -0.202. The van der Waals surface area contributed by atoms with Crippen LogP contribution in [-0.4, -0.2) is 25.9 Å². The Balaban J connectivity index is 1.75. The van der Waals surface area contributed by atoms with E-state index in [-0.39, 0.29) is 17.1 Å². The number of hydrogen-bond donors (Lipinski definition) is 1. The molecule has 0 bridgehead atoms. The molecule has 0 spiro atoms. The van der Waals surface area contributed by atoms with Gasteiger partial charge in [-0.15, -0.1) is 10.2 Å². The molecule has 0 aliphatic heterocycles. The van der Waals surface area contributed by atoms with Crippen molar-refractivity contribution in [2.75, 3.05) is 5.32 Å². The van der Waals surface area contributed by atoms with E-state index in [0.717, 1.165) is 23.2 Å². The molecule has 24 heavy (non-hydrogen) atoms. The van der Waals surface area contributed by atoms with Gasteiger partial charge in [0.1, 0.15) is 5.82 Å². The number of para-hydroxylation sites is 1. The zero-order valence-corrected chi connectivity index (χ0v) is 15.2. The zero-order chi connectivity index (χ0) is 17.1. The minimum absolute atomic E-state index is 0.0137. The molecule has 1 atom stereocenters. The Morgan fingerprint density at radius 2 is 2.00 bits per heavy atom. The van der Waals surface area contributed by atoms with E-state index >= 15 is 0 Å². The number of carbonyl (C=O) groups excluding carboxylic acids is 1. The van der Waals surface area contributed by atoms with Crippen LogP contribution in [0, 0.1) is 5.92 Å². The van der Waals surface area contributed by atoms with Crippen molar-refractivity contribution >= 4 is 23.4 Å². The second-order valence-corrected chi connectivity index (χ2v) is 7.61. The first-order valence-corrected chi connectivity index (χ1v) is 9.43. The van der Waals surface area contributed by atoms with Gasteiger partial charge in [0.25, 0.3) is 0 Å². The molecule has 128 valence electrons. The number of thioether (sulfide) groups is 1. The van der Waals surface area contributed by atoms with Crippen molar-refractivity contribution in [1.82, 2.24) is 14.8 Å². The van der Waals surface area contributed by atoms with E-state index in [0.29, 0.717) is 5.92 Å². The lowest BCUT2D eigenvalue weighted by Gasteiger charge is -2.19. The van der Waals surface area contributed by atoms with Gasteiger partial charge >= 0.3 is 0 Å². The largest absolute Gasteiger partial charge is 0.325 e. The first-order valence-electron chi connectivity index (χ1n) is 8.55. The highest BCUT2D eigenvalue weighted by Crippen LogP contribution is 2.40. The van der Waals surface area contributed by atoms with E-state index in [1.54, 1.807) is 0 Å². The minimum Gasteiger partial charge on any atom is -0.325 e. The number of carbonyl (C=O) groups is 1. The van der Waals surface area contributed by atoms with Gasteiger partial charge in [0.05, 0.1) is 5.25 Å². The van der Waals surface area contributed by atoms with Gasteiger partial charge in [0, 0.05) is 18.2 Å². The third-order valence-corrected chi connectivity index (χ3v) is 5.67. The van der Waals surface area contributed by atoms with Crippen molar-refractivity contribution in [2.45, 2.75) is 56.5 Å². The number of hydrogen-bond acceptors (Lipinski definition) is 4. The fourth-order valence-electron chi connectivity index (χ4n) is 2.67. The van der Waals surface area contributed by atoms with Gasteiger partial charge in [-0.2, -0.15) is 0 Å². The molecule has 1 N–H and O–H groups in total. The average molecular weight is 344 g/mol. The van der Waals surface area contributed by atoms with Gasteiger partial charge in [-0.1, -0.05) is 43.8 Å². The van der Waals surface area contributed by atoms with E-state index in [4.69, 9.17) is 0 Å². The molecule has 3 rings (SSSR count). The second-order valence-electron chi connectivity index (χ2n) is 6.50. The predicted octanol–water partition coefficient (Wildman–Crippen LogP) is 3.93. The van der Waals surface area contributed by atoms with Gasteiger partial charge in [0.15, 0.2) is 5.16 Å². The standard InChI is InChI=1S/C18H24N4OS/c1-4-22-16(13-10-11-13)20-21-18(22)24-15(12(2)3)17(23)19-14-8-6-5-7-9-14/h5-9,12-13,15H,4,10-11H2,1-3H3,(H,19,23). The molecule has 1 aromatic carbocycles. The molecule has 2 aromatic rings. The third-order valence-electron chi connectivity index (χ3n) is 4.14. The molecule has 1 unspecified atom stereocenters. The van der Waals surface area contributed by atoms with E-state index in [9.17, 15) is 4.79 Å². The highest BCUT2D eigenvalue weighted by molar-refractivity contribution is 8.00. The first-order chi connectivity index (χ1) is 11.6. The predicted molar refractivity (Wildman–Crippen MR) is 97.2 cm³/mol. The molecule has 1 fully saturated rings. The molecule has 1 aliphatic carbocycles. The van der Waals surface area contributed by atoms with Crippen LogP contribution in [0.4, 0.5) is 5.69 Å². The molecule has 1 amide bonds. The SMILES string of the molecule is CCn1c(SC(C(=O)Nc2ccccc2)C(C)C)nnc1C1CC1. The quantitative estimate of drug-likeness (QED) is 0.773. The molecule has 1 aromatic heterocycles. The molecule has 5 nitrogen and oxygen atoms in total. The summed E-state index contributed by atoms with van der Waals surface area (Å²) in [5, 5.41) is 12.4. The molecule has 1 aliphatic rings. The van der Waals surface area contributed by atoms with Crippen LogP contribution in [0.1, 0.15) is 45.4 Å². The molecule has 1 saturated carbocycles. The smallest absolute Gasteiger partial charge is 0.238 e. The summed E-state index contributed by atoms with van der Waals surface area (Å²) in [6.45, 7) is 7.08. The second kappa shape index (κ2) is 7.38. The number of amides is 1. The topological polar surface area (TPSA) is 59.8 Å². The summed E-state index contributed by atoms with van der Waals surface area (Å²) >= 11 is 1.52. The number of nitrogens with zero attached hydrogens (tertiary/aromatic N) is 3. The van der Waals surface area contributed by atoms with Gasteiger partial charge < -0.3 is 9.88 Å². The van der Waals surface area contributed by atoms with Crippen molar-refractivity contribution in [3.05, 3.63) is 36.2 Å². The zero-order valence-electron chi connectivity index (χ0n) is 14.4. The summed E-state index contributed by atoms with van der Waals surface area (Å²) in [5.74, 6) is 1.85. The number of anilines is 1. The van der Waals surface area contributed by atoms with Crippen molar-refractivity contribution < 1.29 is 4.79 Å². The van der Waals surface area contributed by atoms with Crippen LogP contribution in [-0.2, 0) is 11.3 Å². The molecule has 6 heteroatoms. The van der Waals surface area contributed by atoms with E-state index in [2.05, 4.69) is 40.9 Å². The summed E-state index contributed by atoms with van der Waals surface area (Å²) in [6.07, 6.45) is 2.40. The maximum atomic E-state index is 12.7. The number of benzene rings is 1. The maximum Gasteiger partial charge on any atom is 0.238 e. The van der Waals surface area contributed by atoms with E-state index in [1.165, 1.54) is 24.6 Å². The highest BCUT2D eigenvalue weighted by atomic mass is 32.2. The van der Waals surface area contributed by atoms with Crippen LogP contribution in [0.3, 0.4) is 0 Å². The summed E-state index contributed by atoms with van der Waals surface area (Å²) < 4.78 is 2.16. The Kier molecular flexibility index (Phi) is 5.23. The Morgan fingerprint density at radius 3 is 2.58 bits per heavy atom. The van der Waals surface area contributed by atoms with Crippen molar-refractivity contribution in [1.29, 1.82) is 0 Å². The summed E-state index contributed by atoms with van der Waals surface area (Å²) in [5.41, 5.74) is 0.823. The summed E-state index contributed by atoms with van der Waals surface area (Å²) in [7, 11) is 0. The lowest BCUT2D eigenvalue weighted by atomic mass is 10.1. The van der Waals surface area contributed by atoms with Crippen LogP contribution in [0.2, 0.25) is 0 Å². The number of rotatable bonds is 7. The summed E-state index contributed by atoms with van der Waals surface area (Å²) in [6, 6.07) is 9.58. The van der Waals surface area contributed by atoms with Crippen LogP contribution in [0.5, 0.6) is 0 Å². The van der Waals surface area contributed by atoms with Crippen LogP contribution < -0.4 is 5.32 Å². The molecule has 0 saturated heterocycles. The Bertz CT molecular complexity index is 694. The van der Waals surface area contributed by atoms with Crippen LogP contribution in [0.25, 0.3) is 0 Å². The van der Waals surface area contributed by atoms with E-state index in [1.807, 2.05) is 30.3 Å². The molecule has 0 radical (unpaired) electrons. The lowest BCUT2D eigenvalue weighted by molar-refractivity contribution is -0.116. The third kappa shape index (κ3) is 3.80. The van der Waals surface area contributed by atoms with Crippen molar-refractivity contribution in [2.24, 2.45) is 5.92 Å². The molecular formula is C18H24N4OS. The highest BCUT2D eigenvalue weighted by Gasteiger charge is 2.32. The monoisotopic (exact) mass is 344 g/mol. The fourth-order valence-corrected chi connectivity index (χ4v) is 3.77. The number of aromatic nitrogens is 3. The van der Waals surface area contributed by atoms with Gasteiger partial charge in [-0.25, -0.2) is 0 Å². The Morgan fingerprint density at radius 1 is 1.29 bits per heavy atom. The number of nitrogens with one attached hydrogen (secondary N) is 1.